The van der Waals surface area contributed by atoms with Gasteiger partial charge in [0.1, 0.15) is 11.1 Å². The number of benzene rings is 2. The van der Waals surface area contributed by atoms with Gasteiger partial charge in [-0.1, -0.05) is 124 Å². The summed E-state index contributed by atoms with van der Waals surface area (Å²) in [4.78, 5) is 52.3. The molecule has 2 unspecified atom stereocenters. The SMILES string of the molecule is CCC(CCOC(=O)c1c(Cl)c(Cl)cc(Cl)c1OC(=O)C(=O)Oc1c(Cl)cc(Cl)c(Cl)c1C(=O)OCCC(CC)CC(C)C)CC(C)C. The van der Waals surface area contributed by atoms with Gasteiger partial charge in [0.05, 0.1) is 43.3 Å². The van der Waals surface area contributed by atoms with Crippen LogP contribution in [0, 0.1) is 23.7 Å². The van der Waals surface area contributed by atoms with Gasteiger partial charge in [-0.15, -0.1) is 0 Å². The fourth-order valence-electron chi connectivity index (χ4n) is 5.08. The van der Waals surface area contributed by atoms with E-state index in [0.717, 1.165) is 37.8 Å². The number of ether oxygens (including phenoxy) is 4. The molecule has 14 heteroatoms. The molecule has 0 saturated heterocycles. The summed E-state index contributed by atoms with van der Waals surface area (Å²) in [6.07, 6.45) is 4.85. The third-order valence-electron chi connectivity index (χ3n) is 7.50. The number of halogens is 6. The largest absolute Gasteiger partial charge is 0.462 e. The Hall–Kier alpha value is -1.94. The van der Waals surface area contributed by atoms with Crippen molar-refractivity contribution in [2.75, 3.05) is 13.2 Å². The van der Waals surface area contributed by atoms with Crippen molar-refractivity contribution in [1.29, 1.82) is 0 Å². The topological polar surface area (TPSA) is 105 Å². The second kappa shape index (κ2) is 20.0. The Kier molecular flexibility index (Phi) is 17.6. The van der Waals surface area contributed by atoms with Crippen molar-refractivity contribution in [1.82, 2.24) is 0 Å². The molecule has 2 aromatic rings. The van der Waals surface area contributed by atoms with Crippen LogP contribution in [-0.4, -0.2) is 37.1 Å². The lowest BCUT2D eigenvalue weighted by molar-refractivity contribution is -0.156. The standard InChI is InChI=1S/C34H40Cl6O8/c1-7-19(13-17(3)4)9-11-45-31(41)25-27(39)21(35)15-23(37)29(25)47-33(43)34(44)48-30-24(38)16-22(36)28(40)26(30)32(42)46-12-10-20(8-2)14-18(5)6/h15-20H,7-14H2,1-6H3. The minimum Gasteiger partial charge on any atom is -0.462 e. The number of rotatable bonds is 16. The van der Waals surface area contributed by atoms with Crippen molar-refractivity contribution < 1.29 is 38.1 Å². The lowest BCUT2D eigenvalue weighted by Crippen LogP contribution is -2.27. The molecule has 0 radical (unpaired) electrons. The van der Waals surface area contributed by atoms with Gasteiger partial charge in [-0.2, -0.15) is 0 Å². The smallest absolute Gasteiger partial charge is 0.423 e. The number of carbonyl (C=O) groups excluding carboxylic acids is 4. The third-order valence-corrected chi connectivity index (χ3v) is 9.64. The van der Waals surface area contributed by atoms with E-state index < -0.39 is 46.5 Å². The fraction of sp³-hybridized carbons (Fsp3) is 0.529. The van der Waals surface area contributed by atoms with Crippen LogP contribution >= 0.6 is 69.6 Å². The van der Waals surface area contributed by atoms with Gasteiger partial charge in [0, 0.05) is 0 Å². The van der Waals surface area contributed by atoms with Crippen molar-refractivity contribution in [3.8, 4) is 11.5 Å². The Morgan fingerprint density at radius 3 is 1.21 bits per heavy atom. The third kappa shape index (κ3) is 12.1. The zero-order valence-corrected chi connectivity index (χ0v) is 32.2. The molecule has 0 amide bonds. The molecule has 8 nitrogen and oxygen atoms in total. The van der Waals surface area contributed by atoms with Gasteiger partial charge >= 0.3 is 23.9 Å². The molecule has 0 aliphatic carbocycles. The minimum atomic E-state index is -1.65. The van der Waals surface area contributed by atoms with Gasteiger partial charge < -0.3 is 18.9 Å². The van der Waals surface area contributed by atoms with Crippen molar-refractivity contribution in [2.24, 2.45) is 23.7 Å². The molecule has 0 heterocycles. The van der Waals surface area contributed by atoms with E-state index in [2.05, 4.69) is 27.7 Å². The summed E-state index contributed by atoms with van der Waals surface area (Å²) in [6, 6.07) is 2.25. The van der Waals surface area contributed by atoms with E-state index in [4.69, 9.17) is 88.6 Å². The first kappa shape index (κ1) is 42.2. The van der Waals surface area contributed by atoms with Gasteiger partial charge in [0.2, 0.25) is 0 Å². The van der Waals surface area contributed by atoms with Crippen LogP contribution in [-0.2, 0) is 19.1 Å². The monoisotopic (exact) mass is 786 g/mol. The van der Waals surface area contributed by atoms with Gasteiger partial charge in [-0.3, -0.25) is 0 Å². The molecule has 0 bridgehead atoms. The number of esters is 4. The summed E-state index contributed by atoms with van der Waals surface area (Å²) < 4.78 is 21.2. The number of hydrogen-bond donors (Lipinski definition) is 0. The Morgan fingerprint density at radius 1 is 0.583 bits per heavy atom. The maximum Gasteiger partial charge on any atom is 0.423 e. The summed E-state index contributed by atoms with van der Waals surface area (Å²) in [5, 5.41) is -1.50. The van der Waals surface area contributed by atoms with Crippen LogP contribution in [0.3, 0.4) is 0 Å². The van der Waals surface area contributed by atoms with Gasteiger partial charge in [-0.05, 0) is 61.5 Å². The molecule has 0 saturated carbocycles. The van der Waals surface area contributed by atoms with Crippen LogP contribution in [0.25, 0.3) is 0 Å². The van der Waals surface area contributed by atoms with Gasteiger partial charge in [0.15, 0.2) is 11.5 Å². The normalized spacial score (nSPS) is 12.5. The van der Waals surface area contributed by atoms with E-state index in [1.807, 2.05) is 13.8 Å². The lowest BCUT2D eigenvalue weighted by Gasteiger charge is -2.18. The first-order valence-corrected chi connectivity index (χ1v) is 17.9. The average Bonchev–Trinajstić information content (AvgIpc) is 3.00. The Labute approximate surface area is 311 Å². The van der Waals surface area contributed by atoms with Crippen LogP contribution in [0.15, 0.2) is 12.1 Å². The predicted molar refractivity (Wildman–Crippen MR) is 190 cm³/mol. The number of hydrogen-bond acceptors (Lipinski definition) is 8. The van der Waals surface area contributed by atoms with E-state index in [9.17, 15) is 19.2 Å². The highest BCUT2D eigenvalue weighted by molar-refractivity contribution is 6.47. The Morgan fingerprint density at radius 2 is 0.917 bits per heavy atom. The molecule has 0 spiro atoms. The Balaban J connectivity index is 2.29. The second-order valence-electron chi connectivity index (χ2n) is 12.2. The molecule has 0 fully saturated rings. The quantitative estimate of drug-likeness (QED) is 0.0716. The highest BCUT2D eigenvalue weighted by Gasteiger charge is 2.32. The van der Waals surface area contributed by atoms with Crippen LogP contribution < -0.4 is 9.47 Å². The zero-order chi connectivity index (χ0) is 36.3. The Bertz CT molecular complexity index is 1370. The van der Waals surface area contributed by atoms with Crippen molar-refractivity contribution in [3.63, 3.8) is 0 Å². The molecule has 2 aromatic carbocycles. The van der Waals surface area contributed by atoms with E-state index in [-0.39, 0.29) is 43.3 Å². The van der Waals surface area contributed by atoms with Crippen LogP contribution in [0.5, 0.6) is 11.5 Å². The van der Waals surface area contributed by atoms with Gasteiger partial charge in [0.25, 0.3) is 0 Å². The molecule has 0 aliphatic rings. The van der Waals surface area contributed by atoms with Gasteiger partial charge in [-0.25, -0.2) is 19.2 Å². The van der Waals surface area contributed by atoms with E-state index in [1.165, 1.54) is 0 Å². The highest BCUT2D eigenvalue weighted by Crippen LogP contribution is 2.42. The zero-order valence-electron chi connectivity index (χ0n) is 27.7. The summed E-state index contributed by atoms with van der Waals surface area (Å²) in [7, 11) is 0. The maximum atomic E-state index is 13.1. The molecular weight excluding hydrogens is 749 g/mol. The molecule has 48 heavy (non-hydrogen) atoms. The van der Waals surface area contributed by atoms with Crippen LogP contribution in [0.1, 0.15) is 101 Å². The summed E-state index contributed by atoms with van der Waals surface area (Å²) in [5.74, 6) is -4.85. The summed E-state index contributed by atoms with van der Waals surface area (Å²) in [5.41, 5.74) is -0.932. The highest BCUT2D eigenvalue weighted by atomic mass is 35.5. The first-order valence-electron chi connectivity index (χ1n) is 15.6. The van der Waals surface area contributed by atoms with Crippen molar-refractivity contribution >= 4 is 93.5 Å². The second-order valence-corrected chi connectivity index (χ2v) is 14.5. The first-order chi connectivity index (χ1) is 22.5. The summed E-state index contributed by atoms with van der Waals surface area (Å²) >= 11 is 37.4. The molecule has 266 valence electrons. The summed E-state index contributed by atoms with van der Waals surface area (Å²) in [6.45, 7) is 12.6. The molecule has 0 aliphatic heterocycles. The van der Waals surface area contributed by atoms with E-state index in [1.54, 1.807) is 0 Å². The molecule has 0 N–H and O–H groups in total. The maximum absolute atomic E-state index is 13.1. The van der Waals surface area contributed by atoms with E-state index >= 15 is 0 Å². The predicted octanol–water partition coefficient (Wildman–Crippen LogP) is 11.4. The molecule has 2 rings (SSSR count). The molecule has 0 aromatic heterocycles. The minimum absolute atomic E-state index is 0.0471. The van der Waals surface area contributed by atoms with Crippen molar-refractivity contribution in [2.45, 2.75) is 80.1 Å². The molecular formula is C34H40Cl6O8. The van der Waals surface area contributed by atoms with Crippen molar-refractivity contribution in [3.05, 3.63) is 53.4 Å². The van der Waals surface area contributed by atoms with Crippen LogP contribution in [0.2, 0.25) is 30.1 Å². The number of carbonyl (C=O) groups is 4. The van der Waals surface area contributed by atoms with E-state index in [0.29, 0.717) is 36.5 Å². The van der Waals surface area contributed by atoms with Crippen LogP contribution in [0.4, 0.5) is 0 Å². The average molecular weight is 789 g/mol. The molecule has 2 atom stereocenters. The lowest BCUT2D eigenvalue weighted by atomic mass is 9.92. The fourth-order valence-corrected chi connectivity index (χ4v) is 6.52.